The molecule has 2 aliphatic heterocycles. The van der Waals surface area contributed by atoms with Crippen LogP contribution in [0.5, 0.6) is 5.75 Å². The van der Waals surface area contributed by atoms with Crippen LogP contribution in [0.4, 0.5) is 5.69 Å². The summed E-state index contributed by atoms with van der Waals surface area (Å²) in [7, 11) is 1.54. The molecule has 2 aliphatic rings. The summed E-state index contributed by atoms with van der Waals surface area (Å²) in [6.45, 7) is 1.85. The van der Waals surface area contributed by atoms with Crippen LogP contribution in [-0.2, 0) is 25.6 Å². The number of benzene rings is 2. The number of nitrogens with one attached hydrogen (secondary N) is 2. The highest BCUT2D eigenvalue weighted by molar-refractivity contribution is 6.35. The first-order valence-corrected chi connectivity index (χ1v) is 11.8. The van der Waals surface area contributed by atoms with E-state index in [4.69, 9.17) is 4.74 Å². The van der Waals surface area contributed by atoms with Gasteiger partial charge >= 0.3 is 11.8 Å². The van der Waals surface area contributed by atoms with Gasteiger partial charge in [-0.25, -0.2) is 0 Å². The van der Waals surface area contributed by atoms with Crippen molar-refractivity contribution in [3.8, 4) is 17.6 Å². The van der Waals surface area contributed by atoms with Crippen molar-refractivity contribution in [1.29, 1.82) is 0 Å². The maximum absolute atomic E-state index is 13.0. The van der Waals surface area contributed by atoms with Gasteiger partial charge in [-0.2, -0.15) is 0 Å². The number of ether oxygens (including phenoxy) is 1. The molecule has 0 unspecified atom stereocenters. The zero-order valence-corrected chi connectivity index (χ0v) is 20.6. The van der Waals surface area contributed by atoms with E-state index in [1.54, 1.807) is 18.2 Å². The number of rotatable bonds is 4. The molecular formula is C27H28N4O6. The van der Waals surface area contributed by atoms with E-state index in [1.165, 1.54) is 23.8 Å². The SMILES string of the molecule is CC(=O)N1CC(O)(C#Cc2ccc3c(c2)N(C)C(=O)[C@@H](NC(=O)C(=O)NCCc2ccccc2)CO3)C1. The predicted molar refractivity (Wildman–Crippen MR) is 135 cm³/mol. The molecule has 2 aromatic rings. The van der Waals surface area contributed by atoms with Gasteiger partial charge < -0.3 is 30.3 Å². The van der Waals surface area contributed by atoms with E-state index in [0.717, 1.165) is 5.56 Å². The molecule has 1 saturated heterocycles. The normalized spacial score (nSPS) is 17.7. The molecular weight excluding hydrogens is 476 g/mol. The van der Waals surface area contributed by atoms with Crippen LogP contribution in [0, 0.1) is 11.8 Å². The Hall–Kier alpha value is -4.36. The van der Waals surface area contributed by atoms with Gasteiger partial charge in [-0.15, -0.1) is 0 Å². The van der Waals surface area contributed by atoms with E-state index >= 15 is 0 Å². The lowest BCUT2D eigenvalue weighted by molar-refractivity contribution is -0.144. The summed E-state index contributed by atoms with van der Waals surface area (Å²) in [6, 6.07) is 13.5. The number of aliphatic hydroxyl groups is 1. The number of likely N-dealkylation sites (tertiary alicyclic amines) is 1. The summed E-state index contributed by atoms with van der Waals surface area (Å²) in [5.41, 5.74) is 0.732. The van der Waals surface area contributed by atoms with E-state index in [-0.39, 0.29) is 32.1 Å². The molecule has 192 valence electrons. The van der Waals surface area contributed by atoms with Crippen molar-refractivity contribution in [2.24, 2.45) is 0 Å². The predicted octanol–water partition coefficient (Wildman–Crippen LogP) is -0.170. The molecule has 2 aromatic carbocycles. The molecule has 10 nitrogen and oxygen atoms in total. The number of amides is 4. The summed E-state index contributed by atoms with van der Waals surface area (Å²) in [5, 5.41) is 15.4. The molecule has 0 saturated carbocycles. The lowest BCUT2D eigenvalue weighted by Gasteiger charge is -2.42. The molecule has 4 rings (SSSR count). The standard InChI is InChI=1S/C27H28N4O6/c1-18(32)31-16-27(36,17-31)12-10-20-8-9-23-22(14-20)30(2)26(35)21(15-37-23)29-25(34)24(33)28-13-11-19-6-4-3-5-7-19/h3-9,14,21,36H,11,13,15-17H2,1-2H3,(H,28,33)(H,29,34)/t21-/m0/s1. The van der Waals surface area contributed by atoms with Crippen molar-refractivity contribution in [2.45, 2.75) is 25.0 Å². The van der Waals surface area contributed by atoms with Crippen LogP contribution in [-0.4, -0.2) is 78.6 Å². The van der Waals surface area contributed by atoms with Gasteiger partial charge in [0.2, 0.25) is 5.91 Å². The highest BCUT2D eigenvalue weighted by Gasteiger charge is 2.41. The fourth-order valence-corrected chi connectivity index (χ4v) is 4.02. The minimum absolute atomic E-state index is 0.125. The minimum Gasteiger partial charge on any atom is -0.489 e. The molecule has 37 heavy (non-hydrogen) atoms. The first-order chi connectivity index (χ1) is 17.6. The van der Waals surface area contributed by atoms with Crippen molar-refractivity contribution in [3.63, 3.8) is 0 Å². The maximum atomic E-state index is 13.0. The molecule has 0 bridgehead atoms. The molecule has 10 heteroatoms. The van der Waals surface area contributed by atoms with Crippen LogP contribution in [0.15, 0.2) is 48.5 Å². The van der Waals surface area contributed by atoms with Crippen molar-refractivity contribution in [2.75, 3.05) is 38.2 Å². The number of carbonyl (C=O) groups is 4. The van der Waals surface area contributed by atoms with Crippen molar-refractivity contribution in [1.82, 2.24) is 15.5 Å². The molecule has 0 aliphatic carbocycles. The second kappa shape index (κ2) is 10.7. The van der Waals surface area contributed by atoms with E-state index < -0.39 is 29.4 Å². The third-order valence-corrected chi connectivity index (χ3v) is 6.20. The van der Waals surface area contributed by atoms with Gasteiger partial charge in [0.15, 0.2) is 5.60 Å². The Kier molecular flexibility index (Phi) is 7.45. The fraction of sp³-hybridized carbons (Fsp3) is 0.333. The van der Waals surface area contributed by atoms with Crippen LogP contribution in [0.1, 0.15) is 18.1 Å². The van der Waals surface area contributed by atoms with Crippen LogP contribution in [0.25, 0.3) is 0 Å². The average Bonchev–Trinajstić information content (AvgIpc) is 2.98. The summed E-state index contributed by atoms with van der Waals surface area (Å²) in [5.74, 6) is 3.75. The largest absolute Gasteiger partial charge is 0.489 e. The van der Waals surface area contributed by atoms with Crippen molar-refractivity contribution in [3.05, 3.63) is 59.7 Å². The van der Waals surface area contributed by atoms with Crippen LogP contribution in [0.3, 0.4) is 0 Å². The molecule has 0 radical (unpaired) electrons. The van der Waals surface area contributed by atoms with Gasteiger partial charge in [-0.05, 0) is 30.2 Å². The lowest BCUT2D eigenvalue weighted by atomic mass is 9.94. The van der Waals surface area contributed by atoms with E-state index in [2.05, 4.69) is 22.5 Å². The Morgan fingerprint density at radius 1 is 1.14 bits per heavy atom. The number of hydrogen-bond donors (Lipinski definition) is 3. The second-order valence-corrected chi connectivity index (χ2v) is 9.06. The number of nitrogens with zero attached hydrogens (tertiary/aromatic N) is 2. The Morgan fingerprint density at radius 2 is 1.86 bits per heavy atom. The molecule has 2 heterocycles. The van der Waals surface area contributed by atoms with Gasteiger partial charge in [0.05, 0.1) is 18.8 Å². The van der Waals surface area contributed by atoms with E-state index in [9.17, 15) is 24.3 Å². The smallest absolute Gasteiger partial charge is 0.310 e. The summed E-state index contributed by atoms with van der Waals surface area (Å²) in [4.78, 5) is 51.9. The van der Waals surface area contributed by atoms with Crippen molar-refractivity contribution >= 4 is 29.3 Å². The first-order valence-electron chi connectivity index (χ1n) is 11.8. The number of hydrogen-bond acceptors (Lipinski definition) is 6. The molecule has 1 fully saturated rings. The molecule has 0 spiro atoms. The lowest BCUT2D eigenvalue weighted by Crippen LogP contribution is -2.62. The molecule has 4 amide bonds. The van der Waals surface area contributed by atoms with Gasteiger partial charge in [-0.1, -0.05) is 42.2 Å². The fourth-order valence-electron chi connectivity index (χ4n) is 4.02. The van der Waals surface area contributed by atoms with Crippen LogP contribution >= 0.6 is 0 Å². The van der Waals surface area contributed by atoms with Crippen LogP contribution < -0.4 is 20.3 Å². The average molecular weight is 505 g/mol. The zero-order valence-electron chi connectivity index (χ0n) is 20.6. The number of carbonyl (C=O) groups excluding carboxylic acids is 4. The monoisotopic (exact) mass is 504 g/mol. The Bertz CT molecular complexity index is 1280. The van der Waals surface area contributed by atoms with Gasteiger partial charge in [-0.3, -0.25) is 19.2 Å². The highest BCUT2D eigenvalue weighted by atomic mass is 16.5. The van der Waals surface area contributed by atoms with Gasteiger partial charge in [0.25, 0.3) is 5.91 Å². The number of likely N-dealkylation sites (N-methyl/N-ethyl adjacent to an activating group) is 1. The van der Waals surface area contributed by atoms with E-state index in [0.29, 0.717) is 23.4 Å². The molecule has 0 aromatic heterocycles. The minimum atomic E-state index is -1.27. The molecule has 3 N–H and O–H groups in total. The Morgan fingerprint density at radius 3 is 2.57 bits per heavy atom. The summed E-state index contributed by atoms with van der Waals surface area (Å²) >= 11 is 0. The summed E-state index contributed by atoms with van der Waals surface area (Å²) < 4.78 is 5.74. The topological polar surface area (TPSA) is 128 Å². The quantitative estimate of drug-likeness (QED) is 0.392. The number of anilines is 1. The number of fused-ring (bicyclic) bond motifs is 1. The van der Waals surface area contributed by atoms with E-state index in [1.807, 2.05) is 30.3 Å². The Balaban J connectivity index is 1.35. The van der Waals surface area contributed by atoms with Gasteiger partial charge in [0, 0.05) is 26.1 Å². The van der Waals surface area contributed by atoms with Crippen molar-refractivity contribution < 1.29 is 29.0 Å². The Labute approximate surface area is 214 Å². The highest BCUT2D eigenvalue weighted by Crippen LogP contribution is 2.31. The molecule has 1 atom stereocenters. The van der Waals surface area contributed by atoms with Crippen LogP contribution in [0.2, 0.25) is 0 Å². The first kappa shape index (κ1) is 25.7. The third-order valence-electron chi connectivity index (χ3n) is 6.20. The summed E-state index contributed by atoms with van der Waals surface area (Å²) in [6.07, 6.45) is 0.570. The second-order valence-electron chi connectivity index (χ2n) is 9.06. The van der Waals surface area contributed by atoms with Gasteiger partial charge in [0.1, 0.15) is 18.4 Å². The third kappa shape index (κ3) is 6.08. The maximum Gasteiger partial charge on any atom is 0.310 e. The zero-order chi connectivity index (χ0) is 26.6. The number of β-amino-alcohol motifs (C(OH)–C–C–N with tert-alkyl or cyclic N) is 1.